The predicted octanol–water partition coefficient (Wildman–Crippen LogP) is 5.41. The molecule has 180 valence electrons. The smallest absolute Gasteiger partial charge is 0.295 e. The number of benzene rings is 3. The van der Waals surface area contributed by atoms with E-state index >= 15 is 0 Å². The Morgan fingerprint density at radius 3 is 2.37 bits per heavy atom. The molecular weight excluding hydrogens is 442 g/mol. The lowest BCUT2D eigenvalue weighted by Crippen LogP contribution is -2.29. The van der Waals surface area contributed by atoms with Gasteiger partial charge in [0, 0.05) is 11.1 Å². The Bertz CT molecular complexity index is 1270. The van der Waals surface area contributed by atoms with Gasteiger partial charge >= 0.3 is 0 Å². The van der Waals surface area contributed by atoms with Crippen LogP contribution in [0.3, 0.4) is 0 Å². The standard InChI is InChI=1S/C29H29NO5/c1-4-16-35-23-15-14-21(17-19(23)2)27(31)25-26(20-10-6-5-7-11-20)30(29(33)28(25)32)18-22-12-8-9-13-24(22)34-3/h5-15,17,26,31H,4,16,18H2,1-3H3/b27-25-. The number of hydrogen-bond acceptors (Lipinski definition) is 5. The number of methoxy groups -OCH3 is 1. The van der Waals surface area contributed by atoms with Crippen LogP contribution in [0.15, 0.2) is 78.4 Å². The Balaban J connectivity index is 1.81. The van der Waals surface area contributed by atoms with Crippen molar-refractivity contribution < 1.29 is 24.2 Å². The average molecular weight is 472 g/mol. The fraction of sp³-hybridized carbons (Fsp3) is 0.241. The number of rotatable bonds is 8. The molecule has 1 amide bonds. The molecule has 0 radical (unpaired) electrons. The Morgan fingerprint density at radius 2 is 1.69 bits per heavy atom. The second-order valence-electron chi connectivity index (χ2n) is 8.48. The van der Waals surface area contributed by atoms with Crippen molar-refractivity contribution in [2.75, 3.05) is 13.7 Å². The average Bonchev–Trinajstić information content (AvgIpc) is 3.13. The number of hydrogen-bond donors (Lipinski definition) is 1. The molecule has 1 atom stereocenters. The van der Waals surface area contributed by atoms with Crippen molar-refractivity contribution in [1.82, 2.24) is 4.90 Å². The number of carbonyl (C=O) groups is 2. The van der Waals surface area contributed by atoms with Gasteiger partial charge in [-0.3, -0.25) is 9.59 Å². The second-order valence-corrected chi connectivity index (χ2v) is 8.48. The lowest BCUT2D eigenvalue weighted by Gasteiger charge is -2.26. The van der Waals surface area contributed by atoms with Crippen LogP contribution < -0.4 is 9.47 Å². The Labute approximate surface area is 205 Å². The lowest BCUT2D eigenvalue weighted by molar-refractivity contribution is -0.140. The molecule has 0 bridgehead atoms. The molecule has 6 nitrogen and oxygen atoms in total. The van der Waals surface area contributed by atoms with E-state index in [1.54, 1.807) is 25.3 Å². The molecule has 1 saturated heterocycles. The number of para-hydroxylation sites is 1. The van der Waals surface area contributed by atoms with Gasteiger partial charge in [0.2, 0.25) is 0 Å². The summed E-state index contributed by atoms with van der Waals surface area (Å²) in [5, 5.41) is 11.3. The minimum absolute atomic E-state index is 0.0673. The molecule has 1 aliphatic rings. The minimum Gasteiger partial charge on any atom is -0.507 e. The van der Waals surface area contributed by atoms with Crippen molar-refractivity contribution in [2.24, 2.45) is 0 Å². The summed E-state index contributed by atoms with van der Waals surface area (Å²) < 4.78 is 11.2. The zero-order valence-corrected chi connectivity index (χ0v) is 20.2. The number of amides is 1. The first-order chi connectivity index (χ1) is 17.0. The summed E-state index contributed by atoms with van der Waals surface area (Å²) >= 11 is 0. The number of Topliss-reactive ketones (excluding diaryl/α,β-unsaturated/α-hetero) is 1. The summed E-state index contributed by atoms with van der Waals surface area (Å²) in [7, 11) is 1.57. The van der Waals surface area contributed by atoms with Crippen LogP contribution in [0.4, 0.5) is 0 Å². The molecule has 35 heavy (non-hydrogen) atoms. The molecular formula is C29H29NO5. The summed E-state index contributed by atoms with van der Waals surface area (Å²) in [6.45, 7) is 4.67. The highest BCUT2D eigenvalue weighted by Gasteiger charge is 2.46. The molecule has 1 heterocycles. The van der Waals surface area contributed by atoms with E-state index < -0.39 is 17.7 Å². The van der Waals surface area contributed by atoms with Crippen molar-refractivity contribution in [3.8, 4) is 11.5 Å². The molecule has 0 aliphatic carbocycles. The van der Waals surface area contributed by atoms with Crippen molar-refractivity contribution in [1.29, 1.82) is 0 Å². The maximum atomic E-state index is 13.3. The summed E-state index contributed by atoms with van der Waals surface area (Å²) in [6, 6.07) is 21.2. The number of aliphatic hydroxyl groups excluding tert-OH is 1. The number of nitrogens with zero attached hydrogens (tertiary/aromatic N) is 1. The third kappa shape index (κ3) is 4.78. The van der Waals surface area contributed by atoms with E-state index in [2.05, 4.69) is 0 Å². The number of aryl methyl sites for hydroxylation is 1. The molecule has 0 spiro atoms. The normalized spacial score (nSPS) is 17.0. The zero-order valence-electron chi connectivity index (χ0n) is 20.2. The summed E-state index contributed by atoms with van der Waals surface area (Å²) in [5.41, 5.74) is 2.87. The maximum absolute atomic E-state index is 13.3. The van der Waals surface area contributed by atoms with E-state index in [1.165, 1.54) is 4.90 Å². The van der Waals surface area contributed by atoms with Crippen molar-refractivity contribution >= 4 is 17.4 Å². The maximum Gasteiger partial charge on any atom is 0.295 e. The van der Waals surface area contributed by atoms with Gasteiger partial charge < -0.3 is 19.5 Å². The molecule has 1 N–H and O–H groups in total. The van der Waals surface area contributed by atoms with Crippen LogP contribution in [0.25, 0.3) is 5.76 Å². The first-order valence-electron chi connectivity index (χ1n) is 11.6. The molecule has 1 aliphatic heterocycles. The molecule has 1 unspecified atom stereocenters. The van der Waals surface area contributed by atoms with Crippen molar-refractivity contribution in [3.05, 3.63) is 101 Å². The van der Waals surface area contributed by atoms with Crippen LogP contribution in [-0.4, -0.2) is 35.4 Å². The lowest BCUT2D eigenvalue weighted by atomic mass is 9.94. The SMILES string of the molecule is CCCOc1ccc(/C(O)=C2/C(=O)C(=O)N(Cc3ccccc3OC)C2c2ccccc2)cc1C. The van der Waals surface area contributed by atoms with Gasteiger partial charge in [-0.25, -0.2) is 0 Å². The fourth-order valence-corrected chi connectivity index (χ4v) is 4.37. The first-order valence-corrected chi connectivity index (χ1v) is 11.6. The number of likely N-dealkylation sites (tertiary alicyclic amines) is 1. The summed E-state index contributed by atoms with van der Waals surface area (Å²) in [4.78, 5) is 28.0. The molecule has 3 aromatic carbocycles. The van der Waals surface area contributed by atoms with Crippen LogP contribution >= 0.6 is 0 Å². The van der Waals surface area contributed by atoms with Crippen molar-refractivity contribution in [2.45, 2.75) is 32.9 Å². The van der Waals surface area contributed by atoms with E-state index in [0.717, 1.165) is 28.9 Å². The van der Waals surface area contributed by atoms with Gasteiger partial charge in [0.1, 0.15) is 17.3 Å². The number of carbonyl (C=O) groups excluding carboxylic acids is 2. The quantitative estimate of drug-likeness (QED) is 0.270. The molecule has 0 saturated carbocycles. The highest BCUT2D eigenvalue weighted by molar-refractivity contribution is 6.46. The zero-order chi connectivity index (χ0) is 24.9. The third-order valence-electron chi connectivity index (χ3n) is 6.10. The van der Waals surface area contributed by atoms with E-state index in [9.17, 15) is 14.7 Å². The van der Waals surface area contributed by atoms with Gasteiger partial charge in [0.25, 0.3) is 11.7 Å². The van der Waals surface area contributed by atoms with E-state index in [1.807, 2.05) is 68.4 Å². The molecule has 6 heteroatoms. The predicted molar refractivity (Wildman–Crippen MR) is 134 cm³/mol. The van der Waals surface area contributed by atoms with Gasteiger partial charge in [-0.2, -0.15) is 0 Å². The number of ether oxygens (including phenoxy) is 2. The van der Waals surface area contributed by atoms with Gasteiger partial charge in [0.05, 0.1) is 31.9 Å². The van der Waals surface area contributed by atoms with Gasteiger partial charge in [-0.15, -0.1) is 0 Å². The summed E-state index contributed by atoms with van der Waals surface area (Å²) in [6.07, 6.45) is 0.883. The molecule has 3 aromatic rings. The Morgan fingerprint density at radius 1 is 0.971 bits per heavy atom. The van der Waals surface area contributed by atoms with Gasteiger partial charge in [-0.05, 0) is 48.7 Å². The Hall–Kier alpha value is -4.06. The van der Waals surface area contributed by atoms with Gasteiger partial charge in [0.15, 0.2) is 0 Å². The fourth-order valence-electron chi connectivity index (χ4n) is 4.37. The van der Waals surface area contributed by atoms with E-state index in [4.69, 9.17) is 9.47 Å². The minimum atomic E-state index is -0.738. The van der Waals surface area contributed by atoms with E-state index in [0.29, 0.717) is 17.9 Å². The highest BCUT2D eigenvalue weighted by atomic mass is 16.5. The van der Waals surface area contributed by atoms with Crippen LogP contribution in [0.5, 0.6) is 11.5 Å². The van der Waals surface area contributed by atoms with Crippen LogP contribution in [0.2, 0.25) is 0 Å². The van der Waals surface area contributed by atoms with Crippen LogP contribution in [-0.2, 0) is 16.1 Å². The van der Waals surface area contributed by atoms with Crippen LogP contribution in [0.1, 0.15) is 41.6 Å². The number of ketones is 1. The third-order valence-corrected chi connectivity index (χ3v) is 6.10. The largest absolute Gasteiger partial charge is 0.507 e. The molecule has 1 fully saturated rings. The summed E-state index contributed by atoms with van der Waals surface area (Å²) in [5.74, 6) is -0.231. The second kappa shape index (κ2) is 10.5. The molecule has 4 rings (SSSR count). The van der Waals surface area contributed by atoms with Crippen molar-refractivity contribution in [3.63, 3.8) is 0 Å². The van der Waals surface area contributed by atoms with Gasteiger partial charge in [-0.1, -0.05) is 55.5 Å². The van der Waals surface area contributed by atoms with Crippen LogP contribution in [0, 0.1) is 6.92 Å². The topological polar surface area (TPSA) is 76.1 Å². The van der Waals surface area contributed by atoms with E-state index in [-0.39, 0.29) is 17.9 Å². The first kappa shape index (κ1) is 24.1. The Kier molecular flexibility index (Phi) is 7.20. The highest BCUT2D eigenvalue weighted by Crippen LogP contribution is 2.41. The number of aliphatic hydroxyl groups is 1. The molecule has 0 aromatic heterocycles. The monoisotopic (exact) mass is 471 g/mol.